The lowest BCUT2D eigenvalue weighted by molar-refractivity contribution is -0.274. The van der Waals surface area contributed by atoms with E-state index in [-0.39, 0.29) is 5.56 Å². The van der Waals surface area contributed by atoms with Gasteiger partial charge in [-0.25, -0.2) is 0 Å². The van der Waals surface area contributed by atoms with Crippen LogP contribution in [0, 0.1) is 6.92 Å². The predicted molar refractivity (Wildman–Crippen MR) is 136 cm³/mol. The number of aryl methyl sites for hydroxylation is 3. The highest BCUT2D eigenvalue weighted by atomic mass is 19.4. The summed E-state index contributed by atoms with van der Waals surface area (Å²) in [5.74, 6) is -1.63. The average molecular weight is 523 g/mol. The molecule has 3 aromatic carbocycles. The second-order valence-corrected chi connectivity index (χ2v) is 8.78. The minimum Gasteiger partial charge on any atom is -0.406 e. The molecule has 0 aliphatic rings. The number of anilines is 1. The molecule has 0 saturated heterocycles. The Hall–Kier alpha value is -4.60. The molecule has 2 amide bonds. The van der Waals surface area contributed by atoms with E-state index in [0.717, 1.165) is 23.3 Å². The van der Waals surface area contributed by atoms with Gasteiger partial charge in [0.25, 0.3) is 11.8 Å². The van der Waals surface area contributed by atoms with Gasteiger partial charge in [-0.15, -0.1) is 13.2 Å². The summed E-state index contributed by atoms with van der Waals surface area (Å²) in [4.78, 5) is 24.7. The first-order valence-electron chi connectivity index (χ1n) is 11.7. The van der Waals surface area contributed by atoms with Crippen LogP contribution in [0.2, 0.25) is 0 Å². The lowest BCUT2D eigenvalue weighted by atomic mass is 10.0. The zero-order chi connectivity index (χ0) is 27.3. The molecule has 0 aliphatic carbocycles. The van der Waals surface area contributed by atoms with Crippen molar-refractivity contribution < 1.29 is 27.5 Å². The molecule has 1 heterocycles. The Kier molecular flexibility index (Phi) is 7.80. The summed E-state index contributed by atoms with van der Waals surface area (Å²) < 4.78 is 41.2. The SMILES string of the molecule is Cc1ccc(CCc2n[nH]c(Cc3ccc(NC(=O)c4cccc(OC(F)(F)F)c4)cc3)c2C(N)=O)cc1. The Bertz CT molecular complexity index is 1430. The molecule has 0 unspecified atom stereocenters. The molecular weight excluding hydrogens is 497 g/mol. The van der Waals surface area contributed by atoms with E-state index in [9.17, 15) is 22.8 Å². The Morgan fingerprint density at radius 2 is 1.66 bits per heavy atom. The Morgan fingerprint density at radius 3 is 2.32 bits per heavy atom. The van der Waals surface area contributed by atoms with Crippen molar-refractivity contribution in [2.75, 3.05) is 5.32 Å². The van der Waals surface area contributed by atoms with E-state index in [4.69, 9.17) is 5.73 Å². The van der Waals surface area contributed by atoms with Crippen LogP contribution in [0.5, 0.6) is 5.75 Å². The lowest BCUT2D eigenvalue weighted by Gasteiger charge is -2.10. The number of primary amides is 1. The molecule has 0 saturated carbocycles. The van der Waals surface area contributed by atoms with Crippen molar-refractivity contribution in [1.29, 1.82) is 0 Å². The second-order valence-electron chi connectivity index (χ2n) is 8.78. The molecule has 4 rings (SSSR count). The fourth-order valence-corrected chi connectivity index (χ4v) is 3.99. The van der Waals surface area contributed by atoms with Crippen LogP contribution in [-0.2, 0) is 19.3 Å². The number of ether oxygens (including phenoxy) is 1. The second kappa shape index (κ2) is 11.2. The topological polar surface area (TPSA) is 110 Å². The van der Waals surface area contributed by atoms with Crippen molar-refractivity contribution in [2.24, 2.45) is 5.73 Å². The molecule has 0 fully saturated rings. The van der Waals surface area contributed by atoms with Gasteiger partial charge in [-0.2, -0.15) is 5.10 Å². The number of carbonyl (C=O) groups is 2. The van der Waals surface area contributed by atoms with Crippen LogP contribution >= 0.6 is 0 Å². The first-order chi connectivity index (χ1) is 18.1. The van der Waals surface area contributed by atoms with Gasteiger partial charge in [0.05, 0.1) is 17.0 Å². The van der Waals surface area contributed by atoms with E-state index in [0.29, 0.717) is 41.9 Å². The van der Waals surface area contributed by atoms with E-state index >= 15 is 0 Å². The lowest BCUT2D eigenvalue weighted by Crippen LogP contribution is -2.18. The molecular formula is C28H25F3N4O3. The smallest absolute Gasteiger partial charge is 0.406 e. The van der Waals surface area contributed by atoms with Crippen molar-refractivity contribution in [3.05, 3.63) is 112 Å². The highest BCUT2D eigenvalue weighted by Gasteiger charge is 2.31. The van der Waals surface area contributed by atoms with E-state index in [2.05, 4.69) is 20.3 Å². The van der Waals surface area contributed by atoms with E-state index in [1.807, 2.05) is 31.2 Å². The Morgan fingerprint density at radius 1 is 0.974 bits per heavy atom. The number of nitrogens with one attached hydrogen (secondary N) is 2. The minimum absolute atomic E-state index is 0.0116. The zero-order valence-electron chi connectivity index (χ0n) is 20.4. The number of hydrogen-bond acceptors (Lipinski definition) is 4. The van der Waals surface area contributed by atoms with Crippen molar-refractivity contribution in [3.8, 4) is 5.75 Å². The molecule has 7 nitrogen and oxygen atoms in total. The molecule has 4 N–H and O–H groups in total. The summed E-state index contributed by atoms with van der Waals surface area (Å²) in [7, 11) is 0. The zero-order valence-corrected chi connectivity index (χ0v) is 20.4. The third-order valence-electron chi connectivity index (χ3n) is 5.86. The number of rotatable bonds is 9. The van der Waals surface area contributed by atoms with Crippen molar-refractivity contribution in [1.82, 2.24) is 10.2 Å². The van der Waals surface area contributed by atoms with Gasteiger partial charge in [-0.05, 0) is 61.2 Å². The van der Waals surface area contributed by atoms with Crippen LogP contribution in [0.1, 0.15) is 48.8 Å². The standard InChI is InChI=1S/C28H25F3N4O3/c1-17-5-7-18(8-6-17)11-14-23-25(26(32)36)24(35-34-23)15-19-9-12-21(13-10-19)33-27(37)20-3-2-4-22(16-20)38-28(29,30)31/h2-10,12-13,16H,11,14-15H2,1H3,(H2,32,36)(H,33,37)(H,34,35). The molecule has 4 aromatic rings. The van der Waals surface area contributed by atoms with Gasteiger partial charge < -0.3 is 15.8 Å². The van der Waals surface area contributed by atoms with Gasteiger partial charge >= 0.3 is 6.36 Å². The third kappa shape index (κ3) is 7.00. The number of alkyl halides is 3. The number of nitrogens with two attached hydrogens (primary N) is 1. The molecule has 0 radical (unpaired) electrons. The normalized spacial score (nSPS) is 11.3. The number of H-pyrrole nitrogens is 1. The molecule has 0 atom stereocenters. The Balaban J connectivity index is 1.41. The van der Waals surface area contributed by atoms with E-state index in [1.165, 1.54) is 17.7 Å². The van der Waals surface area contributed by atoms with Crippen LogP contribution in [0.4, 0.5) is 18.9 Å². The van der Waals surface area contributed by atoms with Crippen LogP contribution in [0.25, 0.3) is 0 Å². The molecule has 196 valence electrons. The van der Waals surface area contributed by atoms with Crippen LogP contribution < -0.4 is 15.8 Å². The van der Waals surface area contributed by atoms with Crippen molar-refractivity contribution in [3.63, 3.8) is 0 Å². The molecule has 10 heteroatoms. The molecule has 0 spiro atoms. The highest BCUT2D eigenvalue weighted by molar-refractivity contribution is 6.04. The van der Waals surface area contributed by atoms with Gasteiger partial charge in [-0.1, -0.05) is 48.0 Å². The van der Waals surface area contributed by atoms with Gasteiger partial charge in [-0.3, -0.25) is 14.7 Å². The van der Waals surface area contributed by atoms with Gasteiger partial charge in [0, 0.05) is 17.7 Å². The number of halogens is 3. The number of carbonyl (C=O) groups excluding carboxylic acids is 2. The maximum absolute atomic E-state index is 12.5. The van der Waals surface area contributed by atoms with E-state index < -0.39 is 23.9 Å². The summed E-state index contributed by atoms with van der Waals surface area (Å²) in [6.07, 6.45) is -3.22. The minimum atomic E-state index is -4.85. The number of aromatic amines is 1. The highest BCUT2D eigenvalue weighted by Crippen LogP contribution is 2.24. The Labute approximate surface area is 216 Å². The predicted octanol–water partition coefficient (Wildman–Crippen LogP) is 5.34. The summed E-state index contributed by atoms with van der Waals surface area (Å²) in [6, 6.07) is 19.8. The quantitative estimate of drug-likeness (QED) is 0.275. The number of amides is 2. The number of hydrogen-bond donors (Lipinski definition) is 3. The third-order valence-corrected chi connectivity index (χ3v) is 5.86. The number of benzene rings is 3. The maximum Gasteiger partial charge on any atom is 0.573 e. The first kappa shape index (κ1) is 26.5. The number of nitrogens with zero attached hydrogens (tertiary/aromatic N) is 1. The summed E-state index contributed by atoms with van der Waals surface area (Å²) in [5.41, 5.74) is 10.8. The monoisotopic (exact) mass is 522 g/mol. The summed E-state index contributed by atoms with van der Waals surface area (Å²) in [5, 5.41) is 9.89. The molecule has 38 heavy (non-hydrogen) atoms. The molecule has 1 aromatic heterocycles. The van der Waals surface area contributed by atoms with Gasteiger partial charge in [0.2, 0.25) is 0 Å². The summed E-state index contributed by atoms with van der Waals surface area (Å²) >= 11 is 0. The first-order valence-corrected chi connectivity index (χ1v) is 11.7. The van der Waals surface area contributed by atoms with Gasteiger partial charge in [0.1, 0.15) is 5.75 Å². The van der Waals surface area contributed by atoms with Crippen molar-refractivity contribution in [2.45, 2.75) is 32.5 Å². The van der Waals surface area contributed by atoms with Crippen LogP contribution in [-0.4, -0.2) is 28.4 Å². The number of aromatic nitrogens is 2. The molecule has 0 aliphatic heterocycles. The van der Waals surface area contributed by atoms with Gasteiger partial charge in [0.15, 0.2) is 0 Å². The van der Waals surface area contributed by atoms with E-state index in [1.54, 1.807) is 24.3 Å². The fourth-order valence-electron chi connectivity index (χ4n) is 3.99. The summed E-state index contributed by atoms with van der Waals surface area (Å²) in [6.45, 7) is 2.02. The average Bonchev–Trinajstić information content (AvgIpc) is 3.26. The molecule has 0 bridgehead atoms. The fraction of sp³-hybridized carbons (Fsp3) is 0.179. The van der Waals surface area contributed by atoms with Crippen LogP contribution in [0.15, 0.2) is 72.8 Å². The van der Waals surface area contributed by atoms with Crippen molar-refractivity contribution >= 4 is 17.5 Å². The van der Waals surface area contributed by atoms with Crippen LogP contribution in [0.3, 0.4) is 0 Å². The largest absolute Gasteiger partial charge is 0.573 e. The maximum atomic E-state index is 12.5.